The number of aromatic nitrogens is 6. The van der Waals surface area contributed by atoms with E-state index in [2.05, 4.69) is 42.9 Å². The Hall–Kier alpha value is -2.52. The number of hydrogen-bond acceptors (Lipinski definition) is 7. The zero-order valence-electron chi connectivity index (χ0n) is 15.0. The van der Waals surface area contributed by atoms with Crippen molar-refractivity contribution in [1.82, 2.24) is 34.3 Å². The molecular weight excluding hydrogens is 332 g/mol. The Labute approximate surface area is 151 Å². The molecule has 2 aliphatic rings. The normalized spacial score (nSPS) is 17.7. The van der Waals surface area contributed by atoms with Crippen molar-refractivity contribution < 1.29 is 4.74 Å². The number of nitrogens with zero attached hydrogens (tertiary/aromatic N) is 8. The van der Waals surface area contributed by atoms with Gasteiger partial charge in [-0.2, -0.15) is 4.52 Å². The molecular formula is C17H22N8O. The fourth-order valence-corrected chi connectivity index (χ4v) is 3.59. The topological polar surface area (TPSA) is 76.6 Å². The first kappa shape index (κ1) is 15.7. The second kappa shape index (κ2) is 6.03. The summed E-state index contributed by atoms with van der Waals surface area (Å²) in [5.74, 6) is 2.82. The molecule has 136 valence electrons. The van der Waals surface area contributed by atoms with E-state index in [1.54, 1.807) is 4.52 Å². The minimum atomic E-state index is 0.504. The molecule has 3 aromatic heterocycles. The standard InChI is InChI=1S/C17H22N8O/c1-12-19-20-15-3-4-16(21-25(12)15)24-9-14(10-24)22(2)7-13-8-23-5-6-26-11-17(23)18-13/h3-4,8,14H,5-7,9-11H2,1-2H3. The first-order chi connectivity index (χ1) is 12.7. The van der Waals surface area contributed by atoms with E-state index in [1.165, 1.54) is 0 Å². The maximum absolute atomic E-state index is 5.47. The van der Waals surface area contributed by atoms with Crippen molar-refractivity contribution in [2.75, 3.05) is 31.6 Å². The predicted molar refractivity (Wildman–Crippen MR) is 94.9 cm³/mol. The van der Waals surface area contributed by atoms with Gasteiger partial charge in [0.25, 0.3) is 0 Å². The highest BCUT2D eigenvalue weighted by atomic mass is 16.5. The molecule has 0 amide bonds. The molecule has 5 heterocycles. The van der Waals surface area contributed by atoms with Crippen LogP contribution in [0.25, 0.3) is 5.65 Å². The molecule has 0 radical (unpaired) electrons. The lowest BCUT2D eigenvalue weighted by molar-refractivity contribution is 0.0816. The molecule has 0 atom stereocenters. The Kier molecular flexibility index (Phi) is 3.64. The molecule has 1 saturated heterocycles. The summed E-state index contributed by atoms with van der Waals surface area (Å²) in [6, 6.07) is 4.49. The van der Waals surface area contributed by atoms with Crippen LogP contribution >= 0.6 is 0 Å². The van der Waals surface area contributed by atoms with Gasteiger partial charge in [-0.3, -0.25) is 4.90 Å². The number of aryl methyl sites for hydroxylation is 1. The average molecular weight is 354 g/mol. The first-order valence-electron chi connectivity index (χ1n) is 8.94. The molecule has 0 aliphatic carbocycles. The minimum absolute atomic E-state index is 0.504. The number of anilines is 1. The quantitative estimate of drug-likeness (QED) is 0.674. The van der Waals surface area contributed by atoms with Gasteiger partial charge >= 0.3 is 0 Å². The molecule has 26 heavy (non-hydrogen) atoms. The zero-order chi connectivity index (χ0) is 17.7. The maximum atomic E-state index is 5.47. The third-order valence-corrected chi connectivity index (χ3v) is 5.24. The summed E-state index contributed by atoms with van der Waals surface area (Å²) in [4.78, 5) is 9.35. The van der Waals surface area contributed by atoms with E-state index < -0.39 is 0 Å². The van der Waals surface area contributed by atoms with Crippen molar-refractivity contribution in [2.45, 2.75) is 32.7 Å². The maximum Gasteiger partial charge on any atom is 0.178 e. The number of fused-ring (bicyclic) bond motifs is 2. The van der Waals surface area contributed by atoms with Crippen LogP contribution in [0, 0.1) is 6.92 Å². The number of hydrogen-bond donors (Lipinski definition) is 0. The summed E-state index contributed by atoms with van der Waals surface area (Å²) >= 11 is 0. The second-order valence-corrected chi connectivity index (χ2v) is 7.08. The summed E-state index contributed by atoms with van der Waals surface area (Å²) in [5.41, 5.74) is 1.90. The highest BCUT2D eigenvalue weighted by Crippen LogP contribution is 2.23. The summed E-state index contributed by atoms with van der Waals surface area (Å²) < 4.78 is 9.47. The van der Waals surface area contributed by atoms with E-state index in [0.717, 1.165) is 61.6 Å². The molecule has 3 aromatic rings. The van der Waals surface area contributed by atoms with Crippen LogP contribution in [-0.4, -0.2) is 67.0 Å². The lowest BCUT2D eigenvalue weighted by Crippen LogP contribution is -2.58. The number of imidazole rings is 1. The summed E-state index contributed by atoms with van der Waals surface area (Å²) in [5, 5.41) is 12.8. The highest BCUT2D eigenvalue weighted by Gasteiger charge is 2.31. The van der Waals surface area contributed by atoms with Gasteiger partial charge in [0.15, 0.2) is 11.5 Å². The van der Waals surface area contributed by atoms with Crippen molar-refractivity contribution in [2.24, 2.45) is 0 Å². The van der Waals surface area contributed by atoms with Gasteiger partial charge in [0.05, 0.1) is 12.3 Å². The van der Waals surface area contributed by atoms with Gasteiger partial charge in [0.1, 0.15) is 18.2 Å². The van der Waals surface area contributed by atoms with Crippen LogP contribution in [0.1, 0.15) is 17.3 Å². The summed E-state index contributed by atoms with van der Waals surface area (Å²) in [6.07, 6.45) is 2.16. The molecule has 0 aromatic carbocycles. The number of rotatable bonds is 4. The fraction of sp³-hybridized carbons (Fsp3) is 0.529. The van der Waals surface area contributed by atoms with Crippen LogP contribution < -0.4 is 4.90 Å². The Balaban J connectivity index is 1.22. The average Bonchev–Trinajstić information content (AvgIpc) is 3.16. The van der Waals surface area contributed by atoms with Crippen LogP contribution in [0.2, 0.25) is 0 Å². The van der Waals surface area contributed by atoms with E-state index in [1.807, 2.05) is 19.1 Å². The molecule has 0 N–H and O–H groups in total. The largest absolute Gasteiger partial charge is 0.372 e. The van der Waals surface area contributed by atoms with Gasteiger partial charge < -0.3 is 14.2 Å². The van der Waals surface area contributed by atoms with Crippen molar-refractivity contribution >= 4 is 11.5 Å². The van der Waals surface area contributed by atoms with Crippen molar-refractivity contribution in [3.05, 3.63) is 35.7 Å². The van der Waals surface area contributed by atoms with Crippen LogP contribution in [0.5, 0.6) is 0 Å². The van der Waals surface area contributed by atoms with E-state index in [9.17, 15) is 0 Å². The number of ether oxygens (including phenoxy) is 1. The first-order valence-corrected chi connectivity index (χ1v) is 8.94. The van der Waals surface area contributed by atoms with Crippen molar-refractivity contribution in [3.63, 3.8) is 0 Å². The molecule has 0 bridgehead atoms. The highest BCUT2D eigenvalue weighted by molar-refractivity contribution is 5.47. The van der Waals surface area contributed by atoms with Crippen LogP contribution in [0.3, 0.4) is 0 Å². The van der Waals surface area contributed by atoms with Crippen molar-refractivity contribution in [3.8, 4) is 0 Å². The Morgan fingerprint density at radius 2 is 2.15 bits per heavy atom. The molecule has 9 heteroatoms. The van der Waals surface area contributed by atoms with E-state index >= 15 is 0 Å². The van der Waals surface area contributed by atoms with E-state index in [-0.39, 0.29) is 0 Å². The van der Waals surface area contributed by atoms with E-state index in [0.29, 0.717) is 12.6 Å². The van der Waals surface area contributed by atoms with Crippen molar-refractivity contribution in [1.29, 1.82) is 0 Å². The molecule has 0 saturated carbocycles. The third-order valence-electron chi connectivity index (χ3n) is 5.24. The van der Waals surface area contributed by atoms with Crippen LogP contribution in [-0.2, 0) is 24.4 Å². The third kappa shape index (κ3) is 2.63. The Morgan fingerprint density at radius 3 is 3.00 bits per heavy atom. The Bertz CT molecular complexity index is 918. The second-order valence-electron chi connectivity index (χ2n) is 7.08. The van der Waals surface area contributed by atoms with Crippen LogP contribution in [0.4, 0.5) is 5.82 Å². The minimum Gasteiger partial charge on any atom is -0.372 e. The summed E-state index contributed by atoms with van der Waals surface area (Å²) in [7, 11) is 2.16. The molecule has 2 aliphatic heterocycles. The van der Waals surface area contributed by atoms with Gasteiger partial charge in [-0.05, 0) is 26.1 Å². The lowest BCUT2D eigenvalue weighted by atomic mass is 10.1. The van der Waals surface area contributed by atoms with E-state index in [4.69, 9.17) is 9.72 Å². The van der Waals surface area contributed by atoms with Gasteiger partial charge in [-0.25, -0.2) is 4.98 Å². The SMILES string of the molecule is Cc1nnc2ccc(N3CC(N(C)Cc4cn5c(n4)COCC5)C3)nn12. The van der Waals surface area contributed by atoms with Crippen LogP contribution in [0.15, 0.2) is 18.3 Å². The van der Waals surface area contributed by atoms with Gasteiger partial charge in [-0.15, -0.1) is 15.3 Å². The molecule has 5 rings (SSSR count). The smallest absolute Gasteiger partial charge is 0.178 e. The molecule has 0 unspecified atom stereocenters. The van der Waals surface area contributed by atoms with Gasteiger partial charge in [0, 0.05) is 38.4 Å². The number of likely N-dealkylation sites (N-methyl/N-ethyl adjacent to an activating group) is 1. The zero-order valence-corrected chi connectivity index (χ0v) is 15.0. The predicted octanol–water partition coefficient (Wildman–Crippen LogP) is 0.480. The monoisotopic (exact) mass is 354 g/mol. The molecule has 0 spiro atoms. The fourth-order valence-electron chi connectivity index (χ4n) is 3.59. The lowest BCUT2D eigenvalue weighted by Gasteiger charge is -2.44. The molecule has 1 fully saturated rings. The van der Waals surface area contributed by atoms with Gasteiger partial charge in [0.2, 0.25) is 0 Å². The molecule has 9 nitrogen and oxygen atoms in total. The summed E-state index contributed by atoms with van der Waals surface area (Å²) in [6.45, 7) is 7.01. The van der Waals surface area contributed by atoms with Gasteiger partial charge in [-0.1, -0.05) is 0 Å². The Morgan fingerprint density at radius 1 is 1.27 bits per heavy atom.